The highest BCUT2D eigenvalue weighted by Gasteiger charge is 2.42. The Labute approximate surface area is 363 Å². The van der Waals surface area contributed by atoms with Gasteiger partial charge in [0.05, 0.1) is 30.4 Å². The van der Waals surface area contributed by atoms with E-state index in [-0.39, 0.29) is 61.2 Å². The third-order valence-corrected chi connectivity index (χ3v) is 11.3. The Morgan fingerprint density at radius 1 is 0.873 bits per heavy atom. The summed E-state index contributed by atoms with van der Waals surface area (Å²) in [6.45, 7) is 2.79. The van der Waals surface area contributed by atoms with Gasteiger partial charge in [-0.1, -0.05) is 84.9 Å². The van der Waals surface area contributed by atoms with E-state index < -0.39 is 46.3 Å². The molecule has 6 N–H and O–H groups in total. The summed E-state index contributed by atoms with van der Waals surface area (Å²) >= 11 is 0. The SMILES string of the molecule is O=C(NCCCOc1cccc(C(O)(C(=O)OCC2CCN(Cc3ccccc3)CC2)c2ccccc2)c1)c1ccc(CNC[C@H](O)c2ccc(O)c3[nH]c(=O)ccc23)c(F)c1F. The fourth-order valence-corrected chi connectivity index (χ4v) is 7.81. The lowest BCUT2D eigenvalue weighted by atomic mass is 9.86. The Balaban J connectivity index is 0.883. The Kier molecular flexibility index (Phi) is 14.6. The van der Waals surface area contributed by atoms with E-state index in [1.807, 2.05) is 18.2 Å². The number of nitrogens with one attached hydrogen (secondary N) is 3. The number of likely N-dealkylation sites (tertiary alicyclic amines) is 1. The van der Waals surface area contributed by atoms with Crippen LogP contribution in [0.4, 0.5) is 8.78 Å². The van der Waals surface area contributed by atoms with Gasteiger partial charge in [-0.05, 0) is 85.3 Å². The maximum absolute atomic E-state index is 15.1. The number of aromatic amines is 1. The van der Waals surface area contributed by atoms with Crippen molar-refractivity contribution in [3.05, 3.63) is 177 Å². The molecule has 1 aromatic heterocycles. The second kappa shape index (κ2) is 20.6. The van der Waals surface area contributed by atoms with E-state index >= 15 is 8.78 Å². The summed E-state index contributed by atoms with van der Waals surface area (Å²) in [5, 5.41) is 38.9. The van der Waals surface area contributed by atoms with Gasteiger partial charge < -0.3 is 40.4 Å². The summed E-state index contributed by atoms with van der Waals surface area (Å²) in [5.41, 5.74) is -0.618. The Bertz CT molecular complexity index is 2570. The van der Waals surface area contributed by atoms with Crippen molar-refractivity contribution in [2.24, 2.45) is 5.92 Å². The van der Waals surface area contributed by atoms with Crippen molar-refractivity contribution in [3.8, 4) is 11.5 Å². The number of ether oxygens (including phenoxy) is 2. The number of phenols is 1. The summed E-state index contributed by atoms with van der Waals surface area (Å²) in [7, 11) is 0. The van der Waals surface area contributed by atoms with Crippen molar-refractivity contribution in [2.45, 2.75) is 44.1 Å². The Morgan fingerprint density at radius 3 is 2.37 bits per heavy atom. The number of hydrogen-bond donors (Lipinski definition) is 6. The number of rotatable bonds is 18. The van der Waals surface area contributed by atoms with Crippen molar-refractivity contribution in [2.75, 3.05) is 39.4 Å². The van der Waals surface area contributed by atoms with Crippen molar-refractivity contribution >= 4 is 22.8 Å². The molecule has 0 spiro atoms. The lowest BCUT2D eigenvalue weighted by Gasteiger charge is -2.33. The van der Waals surface area contributed by atoms with Crippen molar-refractivity contribution in [3.63, 3.8) is 0 Å². The van der Waals surface area contributed by atoms with Gasteiger partial charge in [-0.15, -0.1) is 0 Å². The number of aromatic hydroxyl groups is 1. The maximum Gasteiger partial charge on any atom is 0.347 e. The van der Waals surface area contributed by atoms with Crippen LogP contribution in [0.15, 0.2) is 126 Å². The summed E-state index contributed by atoms with van der Waals surface area (Å²) in [4.78, 5) is 43.3. The lowest BCUT2D eigenvalue weighted by Crippen LogP contribution is -2.40. The molecule has 0 saturated carbocycles. The summed E-state index contributed by atoms with van der Waals surface area (Å²) in [6.07, 6.45) is 0.921. The first-order valence-electron chi connectivity index (χ1n) is 20.9. The van der Waals surface area contributed by atoms with E-state index in [2.05, 4.69) is 32.7 Å². The molecule has 1 unspecified atom stereocenters. The highest BCUT2D eigenvalue weighted by Crippen LogP contribution is 2.34. The normalized spacial score (nSPS) is 14.8. The molecule has 12 nitrogen and oxygen atoms in total. The first kappa shape index (κ1) is 44.6. The number of piperidine rings is 1. The number of pyridine rings is 1. The summed E-state index contributed by atoms with van der Waals surface area (Å²) < 4.78 is 41.9. The average Bonchev–Trinajstić information content (AvgIpc) is 3.30. The van der Waals surface area contributed by atoms with Crippen molar-refractivity contribution in [1.29, 1.82) is 0 Å². The topological polar surface area (TPSA) is 173 Å². The predicted molar refractivity (Wildman–Crippen MR) is 233 cm³/mol. The highest BCUT2D eigenvalue weighted by molar-refractivity contribution is 5.94. The number of nitrogens with zero attached hydrogens (tertiary/aromatic N) is 1. The van der Waals surface area contributed by atoms with Crippen LogP contribution in [0.25, 0.3) is 10.9 Å². The number of carbonyl (C=O) groups is 2. The largest absolute Gasteiger partial charge is 0.506 e. The van der Waals surface area contributed by atoms with E-state index in [0.717, 1.165) is 32.5 Å². The third-order valence-electron chi connectivity index (χ3n) is 11.3. The van der Waals surface area contributed by atoms with Crippen LogP contribution in [0.5, 0.6) is 11.5 Å². The maximum atomic E-state index is 15.1. The molecule has 6 aromatic rings. The molecule has 2 atom stereocenters. The monoisotopic (exact) mass is 860 g/mol. The van der Waals surface area contributed by atoms with Crippen LogP contribution in [0.3, 0.4) is 0 Å². The number of esters is 1. The second-order valence-corrected chi connectivity index (χ2v) is 15.7. The molecule has 14 heteroatoms. The van der Waals surface area contributed by atoms with E-state index in [9.17, 15) is 29.7 Å². The number of H-pyrrole nitrogens is 1. The zero-order chi connectivity index (χ0) is 44.3. The molecule has 5 aromatic carbocycles. The fourth-order valence-electron chi connectivity index (χ4n) is 7.81. The van der Waals surface area contributed by atoms with E-state index in [1.165, 1.54) is 42.0 Å². The van der Waals surface area contributed by atoms with Gasteiger partial charge in [0.1, 0.15) is 11.5 Å². The number of halogens is 2. The van der Waals surface area contributed by atoms with Gasteiger partial charge in [-0.3, -0.25) is 14.5 Å². The van der Waals surface area contributed by atoms with E-state index in [4.69, 9.17) is 9.47 Å². The van der Waals surface area contributed by atoms with E-state index in [0.29, 0.717) is 28.7 Å². The van der Waals surface area contributed by atoms with Crippen LogP contribution in [-0.2, 0) is 28.2 Å². The minimum absolute atomic E-state index is 0.0605. The standard InChI is InChI=1S/C49H50F2N4O8/c50-44-34(28-52-29-42(57)38-17-19-41(56)46-39(38)18-20-43(58)54-46)15-16-40(45(44)51)47(59)53-23-8-26-62-37-14-7-13-36(27-37)49(61,35-11-5-2-6-12-35)48(60)63-31-33-21-24-55(25-22-33)30-32-9-3-1-4-10-32/h1-7,9-20,27,33,42,52,56-57,61H,8,21-26,28-31H2,(H,53,59)(H,54,58)/t42-,49?/m0/s1. The zero-order valence-electron chi connectivity index (χ0n) is 34.6. The quantitative estimate of drug-likeness (QED) is 0.0430. The molecular weight excluding hydrogens is 811 g/mol. The fraction of sp³-hybridized carbons (Fsp3) is 0.286. The smallest absolute Gasteiger partial charge is 0.347 e. The summed E-state index contributed by atoms with van der Waals surface area (Å²) in [6, 6.07) is 33.5. The molecule has 1 saturated heterocycles. The second-order valence-electron chi connectivity index (χ2n) is 15.7. The number of aromatic nitrogens is 1. The van der Waals surface area contributed by atoms with Crippen LogP contribution >= 0.6 is 0 Å². The molecule has 1 aliphatic heterocycles. The molecule has 1 amide bonds. The number of benzene rings is 5. The van der Waals surface area contributed by atoms with Gasteiger partial charge in [0.2, 0.25) is 11.2 Å². The zero-order valence-corrected chi connectivity index (χ0v) is 34.6. The minimum Gasteiger partial charge on any atom is -0.506 e. The number of phenolic OH excluding ortho intramolecular Hbond substituents is 1. The van der Waals surface area contributed by atoms with Crippen LogP contribution in [0.1, 0.15) is 63.5 Å². The van der Waals surface area contributed by atoms with Crippen LogP contribution < -0.4 is 20.9 Å². The number of carbonyl (C=O) groups excluding carboxylic acids is 2. The number of aliphatic hydroxyl groups excluding tert-OH is 1. The predicted octanol–water partition coefficient (Wildman–Crippen LogP) is 6.23. The molecule has 0 aliphatic carbocycles. The number of hydrogen-bond acceptors (Lipinski definition) is 10. The van der Waals surface area contributed by atoms with E-state index in [1.54, 1.807) is 54.6 Å². The number of fused-ring (bicyclic) bond motifs is 1. The molecular formula is C49H50F2N4O8. The van der Waals surface area contributed by atoms with Gasteiger partial charge in [0.25, 0.3) is 5.91 Å². The molecule has 0 bridgehead atoms. The molecule has 63 heavy (non-hydrogen) atoms. The van der Waals surface area contributed by atoms with Gasteiger partial charge in [0.15, 0.2) is 11.6 Å². The van der Waals surface area contributed by atoms with Crippen LogP contribution in [0.2, 0.25) is 0 Å². The van der Waals surface area contributed by atoms with Crippen molar-refractivity contribution in [1.82, 2.24) is 20.5 Å². The van der Waals surface area contributed by atoms with Crippen LogP contribution in [-0.4, -0.2) is 76.5 Å². The Hall–Kier alpha value is -6.45. The molecule has 328 valence electrons. The Morgan fingerprint density at radius 2 is 1.60 bits per heavy atom. The first-order valence-corrected chi connectivity index (χ1v) is 20.9. The minimum atomic E-state index is -2.11. The molecule has 1 aliphatic rings. The van der Waals surface area contributed by atoms with Gasteiger partial charge in [-0.2, -0.15) is 0 Å². The van der Waals surface area contributed by atoms with Crippen molar-refractivity contribution < 1.29 is 43.2 Å². The van der Waals surface area contributed by atoms with Gasteiger partial charge in [0, 0.05) is 48.8 Å². The summed E-state index contributed by atoms with van der Waals surface area (Å²) in [5.74, 6) is -3.75. The lowest BCUT2D eigenvalue weighted by molar-refractivity contribution is -0.164. The first-order chi connectivity index (χ1) is 30.5. The van der Waals surface area contributed by atoms with Gasteiger partial charge >= 0.3 is 5.97 Å². The molecule has 0 radical (unpaired) electrons. The molecule has 1 fully saturated rings. The third kappa shape index (κ3) is 10.8. The number of aliphatic hydroxyl groups is 2. The average molecular weight is 861 g/mol. The molecule has 2 heterocycles. The molecule has 7 rings (SSSR count). The van der Waals surface area contributed by atoms with Gasteiger partial charge in [-0.25, -0.2) is 13.6 Å². The number of amides is 1. The highest BCUT2D eigenvalue weighted by atomic mass is 19.2. The van der Waals surface area contributed by atoms with Crippen LogP contribution in [0, 0.1) is 17.6 Å².